The summed E-state index contributed by atoms with van der Waals surface area (Å²) in [4.78, 5) is 5.61. The zero-order chi connectivity index (χ0) is 12.4. The van der Waals surface area contributed by atoms with E-state index in [2.05, 4.69) is 39.9 Å². The maximum absolute atomic E-state index is 4.23. The summed E-state index contributed by atoms with van der Waals surface area (Å²) < 4.78 is 5.15. The molecule has 0 fully saturated rings. The topological polar surface area (TPSA) is 16.8 Å². The van der Waals surface area contributed by atoms with Crippen molar-refractivity contribution >= 4 is 42.3 Å². The summed E-state index contributed by atoms with van der Waals surface area (Å²) in [6.45, 7) is 1.01. The minimum Gasteiger partial charge on any atom is -0.263 e. The minimum atomic E-state index is 1.01. The maximum atomic E-state index is 4.23. The first kappa shape index (κ1) is 10.1. The summed E-state index contributed by atoms with van der Waals surface area (Å²) in [5.41, 5.74) is 2.84. The van der Waals surface area contributed by atoms with E-state index in [1.54, 1.807) is 0 Å². The first-order valence-electron chi connectivity index (χ1n) is 6.19. The van der Waals surface area contributed by atoms with Gasteiger partial charge in [0.1, 0.15) is 4.70 Å². The van der Waals surface area contributed by atoms with E-state index in [0.717, 1.165) is 6.54 Å². The van der Waals surface area contributed by atoms with Gasteiger partial charge in [-0.2, -0.15) is 4.57 Å². The van der Waals surface area contributed by atoms with Gasteiger partial charge in [-0.05, 0) is 12.1 Å². The average molecular weight is 281 g/mol. The number of hydrogen-bond donors (Lipinski definition) is 0. The Labute approximate surface area is 117 Å². The van der Waals surface area contributed by atoms with Crippen molar-refractivity contribution in [2.75, 3.05) is 0 Å². The fraction of sp³-hybridized carbons (Fsp3) is 0.0667. The number of benzene rings is 1. The van der Waals surface area contributed by atoms with Crippen molar-refractivity contribution in [3.8, 4) is 10.6 Å². The van der Waals surface area contributed by atoms with E-state index in [-0.39, 0.29) is 0 Å². The molecular formula is C15H9N2S2+. The zero-order valence-electron chi connectivity index (χ0n) is 9.96. The smallest absolute Gasteiger partial charge is 0.263 e. The standard InChI is InChI=1S/C15H9N2S2/c1-2-4-10-9(3-1)8-17-14(10)19-13-11-5-6-16-7-12(11)18-15(13)17/h1-7H,8H2/q+1. The molecule has 3 aromatic heterocycles. The van der Waals surface area contributed by atoms with Gasteiger partial charge < -0.3 is 0 Å². The van der Waals surface area contributed by atoms with Gasteiger partial charge in [-0.1, -0.05) is 40.9 Å². The number of thiophene rings is 1. The highest BCUT2D eigenvalue weighted by Crippen LogP contribution is 2.41. The number of pyridine rings is 1. The molecule has 4 heterocycles. The summed E-state index contributed by atoms with van der Waals surface area (Å²) in [5.74, 6) is 0. The van der Waals surface area contributed by atoms with Crippen LogP contribution in [0.2, 0.25) is 0 Å². The lowest BCUT2D eigenvalue weighted by Crippen LogP contribution is -2.29. The molecule has 1 aliphatic rings. The molecule has 2 nitrogen and oxygen atoms in total. The Morgan fingerprint density at radius 1 is 1.11 bits per heavy atom. The lowest BCUT2D eigenvalue weighted by Gasteiger charge is -1.89. The normalized spacial score (nSPS) is 13.1. The third-order valence-electron chi connectivity index (χ3n) is 3.70. The average Bonchev–Trinajstić information content (AvgIpc) is 3.07. The largest absolute Gasteiger partial charge is 0.281 e. The van der Waals surface area contributed by atoms with Crippen LogP contribution in [0.3, 0.4) is 0 Å². The van der Waals surface area contributed by atoms with Crippen LogP contribution in [0.1, 0.15) is 5.56 Å². The van der Waals surface area contributed by atoms with Crippen LogP contribution in [-0.2, 0) is 6.54 Å². The van der Waals surface area contributed by atoms with E-state index in [4.69, 9.17) is 0 Å². The summed E-state index contributed by atoms with van der Waals surface area (Å²) >= 11 is 3.77. The second-order valence-electron chi connectivity index (χ2n) is 4.76. The van der Waals surface area contributed by atoms with E-state index in [1.165, 1.54) is 35.8 Å². The van der Waals surface area contributed by atoms with Crippen LogP contribution in [0.15, 0.2) is 42.7 Å². The van der Waals surface area contributed by atoms with Gasteiger partial charge in [0.05, 0.1) is 10.3 Å². The lowest BCUT2D eigenvalue weighted by atomic mass is 10.1. The molecule has 0 saturated heterocycles. The van der Waals surface area contributed by atoms with Gasteiger partial charge >= 0.3 is 0 Å². The van der Waals surface area contributed by atoms with Crippen LogP contribution in [0, 0.1) is 0 Å². The van der Waals surface area contributed by atoms with Crippen LogP contribution in [0.25, 0.3) is 30.2 Å². The SMILES string of the molecule is c1ccc2c(c1)C[n+]1c-2sc2c3ccncc3sc21. The van der Waals surface area contributed by atoms with E-state index < -0.39 is 0 Å². The summed E-state index contributed by atoms with van der Waals surface area (Å²) in [5, 5.41) is 2.75. The predicted molar refractivity (Wildman–Crippen MR) is 79.7 cm³/mol. The Balaban J connectivity index is 1.93. The second kappa shape index (κ2) is 3.40. The zero-order valence-corrected chi connectivity index (χ0v) is 11.6. The first-order chi connectivity index (χ1) is 9.42. The van der Waals surface area contributed by atoms with Crippen molar-refractivity contribution in [3.05, 3.63) is 48.3 Å². The Kier molecular flexibility index (Phi) is 1.80. The lowest BCUT2D eigenvalue weighted by molar-refractivity contribution is -0.639. The van der Waals surface area contributed by atoms with Crippen LogP contribution in [0.5, 0.6) is 0 Å². The summed E-state index contributed by atoms with van der Waals surface area (Å²) in [6.07, 6.45) is 3.86. The second-order valence-corrected chi connectivity index (χ2v) is 6.79. The molecule has 0 amide bonds. The highest BCUT2D eigenvalue weighted by molar-refractivity contribution is 7.32. The van der Waals surface area contributed by atoms with Gasteiger partial charge in [-0.15, -0.1) is 0 Å². The maximum Gasteiger partial charge on any atom is 0.281 e. The van der Waals surface area contributed by atoms with Crippen LogP contribution < -0.4 is 4.57 Å². The molecule has 19 heavy (non-hydrogen) atoms. The van der Waals surface area contributed by atoms with E-state index >= 15 is 0 Å². The van der Waals surface area contributed by atoms with Gasteiger partial charge in [-0.25, -0.2) is 0 Å². The quantitative estimate of drug-likeness (QED) is 0.394. The fourth-order valence-corrected chi connectivity index (χ4v) is 5.51. The Bertz CT molecular complexity index is 949. The van der Waals surface area contributed by atoms with Gasteiger partial charge in [0.25, 0.3) is 9.84 Å². The van der Waals surface area contributed by atoms with Crippen LogP contribution in [-0.4, -0.2) is 4.98 Å². The number of hydrogen-bond acceptors (Lipinski definition) is 3. The van der Waals surface area contributed by atoms with Crippen molar-refractivity contribution in [3.63, 3.8) is 0 Å². The Morgan fingerprint density at radius 3 is 3.05 bits per heavy atom. The van der Waals surface area contributed by atoms with E-state index in [0.29, 0.717) is 0 Å². The van der Waals surface area contributed by atoms with Gasteiger partial charge in [0, 0.05) is 23.3 Å². The molecule has 0 N–H and O–H groups in total. The van der Waals surface area contributed by atoms with Crippen molar-refractivity contribution in [1.29, 1.82) is 0 Å². The number of nitrogens with zero attached hydrogens (tertiary/aromatic N) is 2. The van der Waals surface area contributed by atoms with Crippen LogP contribution in [0.4, 0.5) is 0 Å². The molecule has 0 spiro atoms. The van der Waals surface area contributed by atoms with Crippen molar-refractivity contribution in [2.24, 2.45) is 0 Å². The van der Waals surface area contributed by atoms with Gasteiger partial charge in [0.2, 0.25) is 0 Å². The summed E-state index contributed by atoms with van der Waals surface area (Å²) in [7, 11) is 0. The molecule has 1 aliphatic heterocycles. The molecule has 0 unspecified atom stereocenters. The van der Waals surface area contributed by atoms with Crippen molar-refractivity contribution < 1.29 is 4.57 Å². The van der Waals surface area contributed by atoms with Gasteiger partial charge in [-0.3, -0.25) is 4.98 Å². The molecule has 5 rings (SSSR count). The Hall–Kier alpha value is -1.78. The number of thiazole rings is 1. The van der Waals surface area contributed by atoms with E-state index in [1.807, 2.05) is 35.1 Å². The number of rotatable bonds is 0. The first-order valence-corrected chi connectivity index (χ1v) is 7.82. The summed E-state index contributed by atoms with van der Waals surface area (Å²) in [6, 6.07) is 10.9. The molecular weight excluding hydrogens is 272 g/mol. The van der Waals surface area contributed by atoms with Crippen molar-refractivity contribution in [2.45, 2.75) is 6.54 Å². The molecule has 0 atom stereocenters. The van der Waals surface area contributed by atoms with Crippen LogP contribution >= 0.6 is 22.7 Å². The van der Waals surface area contributed by atoms with Crippen molar-refractivity contribution in [1.82, 2.24) is 4.98 Å². The fourth-order valence-electron chi connectivity index (χ4n) is 2.82. The Morgan fingerprint density at radius 2 is 2.05 bits per heavy atom. The molecule has 4 heteroatoms. The molecule has 1 aromatic carbocycles. The van der Waals surface area contributed by atoms with Gasteiger partial charge in [0.15, 0.2) is 6.54 Å². The number of fused-ring (bicyclic) bond motifs is 7. The highest BCUT2D eigenvalue weighted by atomic mass is 32.1. The minimum absolute atomic E-state index is 1.01. The highest BCUT2D eigenvalue weighted by Gasteiger charge is 2.33. The molecule has 90 valence electrons. The molecule has 0 saturated carbocycles. The number of aromatic nitrogens is 2. The third-order valence-corrected chi connectivity index (χ3v) is 6.24. The molecule has 0 bridgehead atoms. The molecule has 0 aliphatic carbocycles. The molecule has 4 aromatic rings. The third kappa shape index (κ3) is 1.20. The van der Waals surface area contributed by atoms with E-state index in [9.17, 15) is 0 Å². The molecule has 0 radical (unpaired) electrons. The monoisotopic (exact) mass is 281 g/mol. The predicted octanol–water partition coefficient (Wildman–Crippen LogP) is 3.83.